The van der Waals surface area contributed by atoms with E-state index in [-0.39, 0.29) is 17.1 Å². The average molecular weight is 453 g/mol. The number of hydrogen-bond donors (Lipinski definition) is 0. The summed E-state index contributed by atoms with van der Waals surface area (Å²) in [5.41, 5.74) is 2.75. The maximum Gasteiger partial charge on any atom is 0.290 e. The molecule has 4 rings (SSSR count). The molecule has 2 heterocycles. The third kappa shape index (κ3) is 4.07. The Labute approximate surface area is 193 Å². The molecule has 3 aromatic rings. The number of aryl methyl sites for hydroxylation is 1. The van der Waals surface area contributed by atoms with Crippen LogP contribution in [0, 0.1) is 0 Å². The topological polar surface area (TPSA) is 53.8 Å². The van der Waals surface area contributed by atoms with Crippen LogP contribution in [0.4, 0.5) is 0 Å². The molecule has 2 aromatic carbocycles. The van der Waals surface area contributed by atoms with Crippen LogP contribution in [0.25, 0.3) is 11.0 Å². The lowest BCUT2D eigenvalue weighted by atomic mass is 9.97. The van der Waals surface area contributed by atoms with E-state index < -0.39 is 6.04 Å². The van der Waals surface area contributed by atoms with Gasteiger partial charge in [0.05, 0.1) is 17.0 Å². The summed E-state index contributed by atoms with van der Waals surface area (Å²) >= 11 is 6.15. The highest BCUT2D eigenvalue weighted by molar-refractivity contribution is 6.31. The normalized spacial score (nSPS) is 15.7. The molecule has 1 amide bonds. The van der Waals surface area contributed by atoms with Crippen molar-refractivity contribution in [2.45, 2.75) is 39.7 Å². The van der Waals surface area contributed by atoms with Crippen molar-refractivity contribution < 1.29 is 9.21 Å². The summed E-state index contributed by atoms with van der Waals surface area (Å²) in [6.07, 6.45) is 1.75. The molecule has 1 aromatic heterocycles. The van der Waals surface area contributed by atoms with Crippen molar-refractivity contribution in [1.29, 1.82) is 0 Å². The molecule has 0 spiro atoms. The number of hydrogen-bond acceptors (Lipinski definition) is 4. The van der Waals surface area contributed by atoms with Gasteiger partial charge in [0.2, 0.25) is 5.76 Å². The van der Waals surface area contributed by atoms with Crippen LogP contribution in [-0.4, -0.2) is 41.9 Å². The highest BCUT2D eigenvalue weighted by Gasteiger charge is 2.42. The number of amides is 1. The van der Waals surface area contributed by atoms with Gasteiger partial charge >= 0.3 is 0 Å². The van der Waals surface area contributed by atoms with E-state index in [4.69, 9.17) is 16.0 Å². The van der Waals surface area contributed by atoms with Crippen LogP contribution in [0.3, 0.4) is 0 Å². The van der Waals surface area contributed by atoms with Crippen molar-refractivity contribution in [2.24, 2.45) is 0 Å². The second-order valence-corrected chi connectivity index (χ2v) is 8.63. The molecule has 0 N–H and O–H groups in total. The van der Waals surface area contributed by atoms with Crippen molar-refractivity contribution in [3.8, 4) is 0 Å². The summed E-state index contributed by atoms with van der Waals surface area (Å²) in [6, 6.07) is 12.6. The largest absolute Gasteiger partial charge is 0.450 e. The molecule has 0 radical (unpaired) electrons. The maximum atomic E-state index is 13.5. The van der Waals surface area contributed by atoms with Gasteiger partial charge in [0.15, 0.2) is 5.43 Å². The molecule has 6 heteroatoms. The minimum Gasteiger partial charge on any atom is -0.450 e. The van der Waals surface area contributed by atoms with Crippen molar-refractivity contribution in [3.05, 3.63) is 80.2 Å². The first-order valence-corrected chi connectivity index (χ1v) is 11.7. The van der Waals surface area contributed by atoms with Crippen LogP contribution < -0.4 is 5.43 Å². The Kier molecular flexibility index (Phi) is 6.68. The third-order valence-electron chi connectivity index (χ3n) is 6.40. The zero-order valence-corrected chi connectivity index (χ0v) is 19.6. The van der Waals surface area contributed by atoms with Gasteiger partial charge < -0.3 is 14.2 Å². The van der Waals surface area contributed by atoms with Crippen LogP contribution in [0.15, 0.2) is 51.7 Å². The fraction of sp³-hybridized carbons (Fsp3) is 0.385. The number of fused-ring (bicyclic) bond motifs is 2. The first-order valence-electron chi connectivity index (χ1n) is 11.4. The SMILES string of the molecule is CCc1ccc(C2c3c(oc4ccc(Cl)cc4c3=O)C(=O)N2CCCN(CC)CC)cc1. The quantitative estimate of drug-likeness (QED) is 0.466. The van der Waals surface area contributed by atoms with Crippen LogP contribution in [-0.2, 0) is 6.42 Å². The minimum atomic E-state index is -0.459. The third-order valence-corrected chi connectivity index (χ3v) is 6.63. The second-order valence-electron chi connectivity index (χ2n) is 8.19. The molecule has 0 aliphatic carbocycles. The highest BCUT2D eigenvalue weighted by Crippen LogP contribution is 2.38. The van der Waals surface area contributed by atoms with E-state index in [1.807, 2.05) is 12.1 Å². The lowest BCUT2D eigenvalue weighted by Crippen LogP contribution is -2.33. The van der Waals surface area contributed by atoms with Gasteiger partial charge in [-0.05, 0) is 61.8 Å². The zero-order chi connectivity index (χ0) is 22.8. The molecule has 0 saturated carbocycles. The van der Waals surface area contributed by atoms with Gasteiger partial charge in [-0.15, -0.1) is 0 Å². The van der Waals surface area contributed by atoms with Gasteiger partial charge in [0.25, 0.3) is 5.91 Å². The summed E-state index contributed by atoms with van der Waals surface area (Å²) in [6.45, 7) is 9.77. The van der Waals surface area contributed by atoms with E-state index in [9.17, 15) is 9.59 Å². The zero-order valence-electron chi connectivity index (χ0n) is 18.9. The Bertz CT molecular complexity index is 1180. The van der Waals surface area contributed by atoms with Gasteiger partial charge in [0.1, 0.15) is 5.58 Å². The number of carbonyl (C=O) groups is 1. The fourth-order valence-electron chi connectivity index (χ4n) is 4.51. The van der Waals surface area contributed by atoms with E-state index in [0.29, 0.717) is 28.1 Å². The molecule has 5 nitrogen and oxygen atoms in total. The molecular weight excluding hydrogens is 424 g/mol. The van der Waals surface area contributed by atoms with Crippen LogP contribution in [0.2, 0.25) is 5.02 Å². The lowest BCUT2D eigenvalue weighted by Gasteiger charge is -2.26. The minimum absolute atomic E-state index is 0.150. The van der Waals surface area contributed by atoms with Crippen LogP contribution in [0.5, 0.6) is 0 Å². The molecule has 1 atom stereocenters. The van der Waals surface area contributed by atoms with Crippen molar-refractivity contribution in [2.75, 3.05) is 26.2 Å². The van der Waals surface area contributed by atoms with E-state index in [0.717, 1.165) is 38.0 Å². The number of carbonyl (C=O) groups excluding carboxylic acids is 1. The number of benzene rings is 2. The first kappa shape index (κ1) is 22.6. The monoisotopic (exact) mass is 452 g/mol. The van der Waals surface area contributed by atoms with Crippen molar-refractivity contribution >= 4 is 28.5 Å². The van der Waals surface area contributed by atoms with E-state index >= 15 is 0 Å². The number of halogens is 1. The molecule has 32 heavy (non-hydrogen) atoms. The fourth-order valence-corrected chi connectivity index (χ4v) is 4.68. The molecule has 1 aliphatic rings. The predicted molar refractivity (Wildman–Crippen MR) is 129 cm³/mol. The Morgan fingerprint density at radius 1 is 1.03 bits per heavy atom. The second kappa shape index (κ2) is 9.47. The van der Waals surface area contributed by atoms with Crippen molar-refractivity contribution in [1.82, 2.24) is 9.80 Å². The Hall–Kier alpha value is -2.63. The van der Waals surface area contributed by atoms with Gasteiger partial charge in [-0.1, -0.05) is 56.6 Å². The van der Waals surface area contributed by atoms with Crippen LogP contribution in [0.1, 0.15) is 60.5 Å². The molecule has 1 unspecified atom stereocenters. The predicted octanol–water partition coefficient (Wildman–Crippen LogP) is 5.29. The van der Waals surface area contributed by atoms with Gasteiger partial charge in [0, 0.05) is 11.6 Å². The number of nitrogens with zero attached hydrogens (tertiary/aromatic N) is 2. The van der Waals surface area contributed by atoms with E-state index in [2.05, 4.69) is 37.8 Å². The summed E-state index contributed by atoms with van der Waals surface area (Å²) in [4.78, 5) is 31.1. The summed E-state index contributed by atoms with van der Waals surface area (Å²) < 4.78 is 5.99. The number of rotatable bonds is 8. The lowest BCUT2D eigenvalue weighted by molar-refractivity contribution is 0.0720. The van der Waals surface area contributed by atoms with Crippen LogP contribution >= 0.6 is 11.6 Å². The van der Waals surface area contributed by atoms with E-state index in [1.165, 1.54) is 5.56 Å². The van der Waals surface area contributed by atoms with Gasteiger partial charge in [-0.2, -0.15) is 0 Å². The Morgan fingerprint density at radius 3 is 2.41 bits per heavy atom. The molecule has 0 bridgehead atoms. The van der Waals surface area contributed by atoms with Gasteiger partial charge in [-0.3, -0.25) is 9.59 Å². The molecule has 0 saturated heterocycles. The van der Waals surface area contributed by atoms with Crippen molar-refractivity contribution in [3.63, 3.8) is 0 Å². The Morgan fingerprint density at radius 2 is 1.75 bits per heavy atom. The molecule has 0 fully saturated rings. The van der Waals surface area contributed by atoms with E-state index in [1.54, 1.807) is 23.1 Å². The summed E-state index contributed by atoms with van der Waals surface area (Å²) in [5.74, 6) is -0.0738. The molecule has 1 aliphatic heterocycles. The standard InChI is InChI=1S/C26H29ClN2O3/c1-4-17-8-10-18(11-9-17)23-22-24(30)20-16-19(27)12-13-21(20)32-25(22)26(31)29(23)15-7-14-28(5-2)6-3/h8-13,16,23H,4-7,14-15H2,1-3H3. The molecular formula is C26H29ClN2O3. The first-order chi connectivity index (χ1) is 15.5. The molecule has 168 valence electrons. The highest BCUT2D eigenvalue weighted by atomic mass is 35.5. The smallest absolute Gasteiger partial charge is 0.290 e. The summed E-state index contributed by atoms with van der Waals surface area (Å²) in [7, 11) is 0. The average Bonchev–Trinajstić information content (AvgIpc) is 3.09. The maximum absolute atomic E-state index is 13.5. The van der Waals surface area contributed by atoms with Gasteiger partial charge in [-0.25, -0.2) is 0 Å². The Balaban J connectivity index is 1.79. The summed E-state index contributed by atoms with van der Waals surface area (Å²) in [5, 5.41) is 0.873.